The van der Waals surface area contributed by atoms with Gasteiger partial charge < -0.3 is 14.8 Å². The molecule has 0 unspecified atom stereocenters. The third-order valence-corrected chi connectivity index (χ3v) is 9.75. The van der Waals surface area contributed by atoms with Crippen LogP contribution in [0.1, 0.15) is 108 Å². The molecule has 0 amide bonds. The van der Waals surface area contributed by atoms with Gasteiger partial charge in [-0.15, -0.1) is 0 Å². The van der Waals surface area contributed by atoms with E-state index in [-0.39, 0.29) is 46.1 Å². The van der Waals surface area contributed by atoms with Crippen molar-refractivity contribution in [1.29, 1.82) is 0 Å². The number of carbonyl (C=O) groups is 2. The molecule has 5 nitrogen and oxygen atoms in total. The number of esters is 2. The van der Waals surface area contributed by atoms with E-state index in [0.717, 1.165) is 64.8 Å². The summed E-state index contributed by atoms with van der Waals surface area (Å²) in [5, 5.41) is 7.39. The standard InChI is InChI=1S/C41H49NO4/c1-38(2)21-30(22-39(3,4)25-38)45-36(43)34-13-9-11-28-19-26(15-17-32(28)34)27-16-18-33-29(20-27)12-10-14-35(33)37(44)46-31-23-40(5,6)42-41(7,8)24-31/h9-20,30-31,42H,21-25H2,1-8H3. The van der Waals surface area contributed by atoms with Crippen LogP contribution in [0.3, 0.4) is 0 Å². The molecule has 1 saturated heterocycles. The predicted molar refractivity (Wildman–Crippen MR) is 187 cm³/mol. The molecule has 2 aliphatic rings. The van der Waals surface area contributed by atoms with E-state index < -0.39 is 0 Å². The molecule has 4 aromatic carbocycles. The van der Waals surface area contributed by atoms with Crippen molar-refractivity contribution in [1.82, 2.24) is 5.32 Å². The first kappa shape index (κ1) is 32.2. The number of hydrogen-bond acceptors (Lipinski definition) is 5. The highest BCUT2D eigenvalue weighted by Gasteiger charge is 2.41. The van der Waals surface area contributed by atoms with Crippen LogP contribution in [-0.2, 0) is 9.47 Å². The lowest BCUT2D eigenvalue weighted by molar-refractivity contribution is -0.0282. The first-order valence-electron chi connectivity index (χ1n) is 16.8. The van der Waals surface area contributed by atoms with Gasteiger partial charge in [-0.1, -0.05) is 76.2 Å². The third-order valence-electron chi connectivity index (χ3n) is 9.75. The molecule has 1 heterocycles. The van der Waals surface area contributed by atoms with Crippen LogP contribution >= 0.6 is 0 Å². The zero-order valence-corrected chi connectivity index (χ0v) is 28.8. The van der Waals surface area contributed by atoms with Crippen molar-refractivity contribution < 1.29 is 19.1 Å². The molecule has 2 fully saturated rings. The zero-order valence-electron chi connectivity index (χ0n) is 28.8. The number of ether oxygens (including phenoxy) is 2. The van der Waals surface area contributed by atoms with Crippen LogP contribution in [0.15, 0.2) is 72.8 Å². The second kappa shape index (κ2) is 11.5. The minimum atomic E-state index is -0.276. The van der Waals surface area contributed by atoms with Gasteiger partial charge in [-0.25, -0.2) is 9.59 Å². The molecule has 46 heavy (non-hydrogen) atoms. The van der Waals surface area contributed by atoms with Gasteiger partial charge in [0.2, 0.25) is 0 Å². The van der Waals surface area contributed by atoms with Crippen LogP contribution in [0.4, 0.5) is 0 Å². The van der Waals surface area contributed by atoms with Crippen LogP contribution < -0.4 is 5.32 Å². The summed E-state index contributed by atoms with van der Waals surface area (Å²) in [5.41, 5.74) is 3.35. The molecule has 1 aliphatic heterocycles. The monoisotopic (exact) mass is 619 g/mol. The summed E-state index contributed by atoms with van der Waals surface area (Å²) < 4.78 is 12.2. The largest absolute Gasteiger partial charge is 0.459 e. The van der Waals surface area contributed by atoms with Crippen LogP contribution in [0.5, 0.6) is 0 Å². The van der Waals surface area contributed by atoms with E-state index in [2.05, 4.69) is 85.0 Å². The van der Waals surface area contributed by atoms with E-state index in [1.165, 1.54) is 0 Å². The van der Waals surface area contributed by atoms with E-state index in [9.17, 15) is 9.59 Å². The topological polar surface area (TPSA) is 64.6 Å². The summed E-state index contributed by atoms with van der Waals surface area (Å²) in [5.74, 6) is -0.527. The molecule has 1 saturated carbocycles. The van der Waals surface area contributed by atoms with Crippen molar-refractivity contribution in [2.45, 2.75) is 111 Å². The Morgan fingerprint density at radius 3 is 1.43 bits per heavy atom. The minimum absolute atomic E-state index is 0.0843. The van der Waals surface area contributed by atoms with E-state index in [1.807, 2.05) is 48.5 Å². The maximum absolute atomic E-state index is 13.5. The van der Waals surface area contributed by atoms with Gasteiger partial charge in [-0.3, -0.25) is 0 Å². The van der Waals surface area contributed by atoms with Gasteiger partial charge in [0.25, 0.3) is 0 Å². The Bertz CT molecular complexity index is 1650. The normalized spacial score (nSPS) is 20.8. The second-order valence-corrected chi connectivity index (χ2v) is 16.8. The van der Waals surface area contributed by atoms with Gasteiger partial charge in [0.05, 0.1) is 11.1 Å². The Hall–Kier alpha value is -3.70. The van der Waals surface area contributed by atoms with Gasteiger partial charge in [0.1, 0.15) is 12.2 Å². The molecule has 242 valence electrons. The van der Waals surface area contributed by atoms with Gasteiger partial charge in [0.15, 0.2) is 0 Å². The summed E-state index contributed by atoms with van der Waals surface area (Å²) in [7, 11) is 0. The van der Waals surface area contributed by atoms with Gasteiger partial charge in [0, 0.05) is 23.9 Å². The maximum atomic E-state index is 13.5. The first-order chi connectivity index (χ1) is 21.5. The number of nitrogens with one attached hydrogen (secondary N) is 1. The van der Waals surface area contributed by atoms with Crippen molar-refractivity contribution in [2.75, 3.05) is 0 Å². The molecular formula is C41H49NO4. The number of hydrogen-bond donors (Lipinski definition) is 1. The molecule has 0 radical (unpaired) electrons. The van der Waals surface area contributed by atoms with Crippen LogP contribution in [0.25, 0.3) is 32.7 Å². The van der Waals surface area contributed by atoms with Crippen molar-refractivity contribution in [3.8, 4) is 11.1 Å². The number of fused-ring (bicyclic) bond motifs is 2. The lowest BCUT2D eigenvalue weighted by Gasteiger charge is -2.45. The van der Waals surface area contributed by atoms with E-state index in [0.29, 0.717) is 11.1 Å². The zero-order chi connectivity index (χ0) is 33.1. The summed E-state index contributed by atoms with van der Waals surface area (Å²) >= 11 is 0. The molecule has 4 aromatic rings. The fourth-order valence-electron chi connectivity index (χ4n) is 8.85. The molecule has 0 bridgehead atoms. The summed E-state index contributed by atoms with van der Waals surface area (Å²) in [6.07, 6.45) is 4.21. The van der Waals surface area contributed by atoms with Crippen LogP contribution in [0.2, 0.25) is 0 Å². The molecule has 0 spiro atoms. The minimum Gasteiger partial charge on any atom is -0.459 e. The Morgan fingerprint density at radius 2 is 1.00 bits per heavy atom. The number of carbonyl (C=O) groups excluding carboxylic acids is 2. The quantitative estimate of drug-likeness (QED) is 0.225. The van der Waals surface area contributed by atoms with Gasteiger partial charge in [-0.05, 0) is 115 Å². The summed E-state index contributed by atoms with van der Waals surface area (Å²) in [4.78, 5) is 26.9. The smallest absolute Gasteiger partial charge is 0.339 e. The Morgan fingerprint density at radius 1 is 0.587 bits per heavy atom. The average Bonchev–Trinajstić information content (AvgIpc) is 2.92. The average molecular weight is 620 g/mol. The molecule has 0 aromatic heterocycles. The highest BCUT2D eigenvalue weighted by Crippen LogP contribution is 2.47. The van der Waals surface area contributed by atoms with E-state index in [1.54, 1.807) is 0 Å². The fraction of sp³-hybridized carbons (Fsp3) is 0.463. The van der Waals surface area contributed by atoms with Crippen molar-refractivity contribution in [3.05, 3.63) is 83.9 Å². The summed E-state index contributed by atoms with van der Waals surface area (Å²) in [6.45, 7) is 17.7. The Kier molecular flexibility index (Phi) is 8.08. The van der Waals surface area contributed by atoms with Crippen LogP contribution in [-0.4, -0.2) is 35.2 Å². The van der Waals surface area contributed by atoms with E-state index in [4.69, 9.17) is 9.47 Å². The molecule has 1 N–H and O–H groups in total. The molecule has 1 aliphatic carbocycles. The van der Waals surface area contributed by atoms with Crippen molar-refractivity contribution in [3.63, 3.8) is 0 Å². The predicted octanol–water partition coefficient (Wildman–Crippen LogP) is 9.89. The van der Waals surface area contributed by atoms with E-state index >= 15 is 0 Å². The van der Waals surface area contributed by atoms with Crippen LogP contribution in [0, 0.1) is 10.8 Å². The maximum Gasteiger partial charge on any atom is 0.339 e. The molecule has 5 heteroatoms. The number of benzene rings is 4. The number of piperidine rings is 1. The third kappa shape index (κ3) is 7.00. The molecular weight excluding hydrogens is 570 g/mol. The fourth-order valence-corrected chi connectivity index (χ4v) is 8.85. The van der Waals surface area contributed by atoms with Crippen molar-refractivity contribution >= 4 is 33.5 Å². The van der Waals surface area contributed by atoms with Gasteiger partial charge >= 0.3 is 11.9 Å². The second-order valence-electron chi connectivity index (χ2n) is 16.8. The highest BCUT2D eigenvalue weighted by atomic mass is 16.5. The number of rotatable bonds is 5. The Balaban J connectivity index is 1.23. The lowest BCUT2D eigenvalue weighted by Crippen LogP contribution is -2.59. The van der Waals surface area contributed by atoms with Crippen molar-refractivity contribution in [2.24, 2.45) is 10.8 Å². The first-order valence-corrected chi connectivity index (χ1v) is 16.8. The lowest BCUT2D eigenvalue weighted by atomic mass is 9.64. The summed E-state index contributed by atoms with van der Waals surface area (Å²) in [6, 6.07) is 24.1. The highest BCUT2D eigenvalue weighted by molar-refractivity contribution is 6.07. The molecule has 0 atom stereocenters. The Labute approximate surface area is 274 Å². The SMILES string of the molecule is CC1(C)CC(OC(=O)c2cccc3cc(-c4ccc5c(C(=O)OC6CC(C)(C)NC(C)(C)C6)cccc5c4)ccc23)CC(C)(C)C1. The molecule has 6 rings (SSSR count). The van der Waals surface area contributed by atoms with Gasteiger partial charge in [-0.2, -0.15) is 0 Å².